The number of rotatable bonds is 6. The molecule has 0 aromatic heterocycles. The fraction of sp³-hybridized carbons (Fsp3) is 0.125. The third-order valence-electron chi connectivity index (χ3n) is 2.73. The van der Waals surface area contributed by atoms with Gasteiger partial charge in [-0.2, -0.15) is 0 Å². The SMILES string of the molecule is C=CCSc1ccccc1NCc1ccc(Br)cc1F. The Morgan fingerprint density at radius 1 is 1.25 bits per heavy atom. The predicted molar refractivity (Wildman–Crippen MR) is 88.8 cm³/mol. The molecule has 20 heavy (non-hydrogen) atoms. The summed E-state index contributed by atoms with van der Waals surface area (Å²) in [6, 6.07) is 13.1. The van der Waals surface area contributed by atoms with Gasteiger partial charge in [-0.3, -0.25) is 0 Å². The Kier molecular flexibility index (Phi) is 5.68. The summed E-state index contributed by atoms with van der Waals surface area (Å²) in [6.07, 6.45) is 1.87. The number of nitrogens with one attached hydrogen (secondary N) is 1. The van der Waals surface area contributed by atoms with Crippen LogP contribution in [0.1, 0.15) is 5.56 Å². The first kappa shape index (κ1) is 15.1. The molecule has 0 amide bonds. The van der Waals surface area contributed by atoms with E-state index in [0.717, 1.165) is 20.8 Å². The van der Waals surface area contributed by atoms with Crippen LogP contribution in [0.5, 0.6) is 0 Å². The number of benzene rings is 2. The number of hydrogen-bond donors (Lipinski definition) is 1. The van der Waals surface area contributed by atoms with Crippen molar-refractivity contribution in [1.29, 1.82) is 0 Å². The molecule has 0 radical (unpaired) electrons. The molecule has 0 aliphatic rings. The minimum Gasteiger partial charge on any atom is -0.380 e. The Bertz CT molecular complexity index is 601. The van der Waals surface area contributed by atoms with E-state index in [0.29, 0.717) is 12.1 Å². The van der Waals surface area contributed by atoms with E-state index in [1.54, 1.807) is 17.8 Å². The summed E-state index contributed by atoms with van der Waals surface area (Å²) in [5.41, 5.74) is 1.67. The van der Waals surface area contributed by atoms with Crippen LogP contribution in [0, 0.1) is 5.82 Å². The molecule has 0 bridgehead atoms. The maximum Gasteiger partial charge on any atom is 0.129 e. The van der Waals surface area contributed by atoms with E-state index in [4.69, 9.17) is 0 Å². The van der Waals surface area contributed by atoms with Crippen molar-refractivity contribution in [3.63, 3.8) is 0 Å². The van der Waals surface area contributed by atoms with E-state index >= 15 is 0 Å². The normalized spacial score (nSPS) is 10.3. The first-order valence-electron chi connectivity index (χ1n) is 6.21. The van der Waals surface area contributed by atoms with Crippen molar-refractivity contribution < 1.29 is 4.39 Å². The predicted octanol–water partition coefficient (Wildman–Crippen LogP) is 5.48. The molecule has 0 atom stereocenters. The van der Waals surface area contributed by atoms with Gasteiger partial charge >= 0.3 is 0 Å². The van der Waals surface area contributed by atoms with Gasteiger partial charge in [0.1, 0.15) is 5.82 Å². The zero-order valence-electron chi connectivity index (χ0n) is 10.9. The lowest BCUT2D eigenvalue weighted by molar-refractivity contribution is 0.612. The highest BCUT2D eigenvalue weighted by molar-refractivity contribution is 9.10. The van der Waals surface area contributed by atoms with Crippen LogP contribution in [0.3, 0.4) is 0 Å². The third kappa shape index (κ3) is 4.12. The Labute approximate surface area is 131 Å². The van der Waals surface area contributed by atoms with E-state index in [1.807, 2.05) is 30.3 Å². The highest BCUT2D eigenvalue weighted by atomic mass is 79.9. The van der Waals surface area contributed by atoms with E-state index in [2.05, 4.69) is 33.9 Å². The van der Waals surface area contributed by atoms with Crippen LogP contribution in [-0.4, -0.2) is 5.75 Å². The molecule has 1 nitrogen and oxygen atoms in total. The van der Waals surface area contributed by atoms with Crippen molar-refractivity contribution in [3.05, 3.63) is 71.0 Å². The minimum atomic E-state index is -0.205. The lowest BCUT2D eigenvalue weighted by Gasteiger charge is -2.11. The van der Waals surface area contributed by atoms with Crippen LogP contribution in [0.15, 0.2) is 64.5 Å². The van der Waals surface area contributed by atoms with Gasteiger partial charge in [-0.05, 0) is 24.3 Å². The largest absolute Gasteiger partial charge is 0.380 e. The number of halogens is 2. The van der Waals surface area contributed by atoms with Crippen molar-refractivity contribution in [3.8, 4) is 0 Å². The zero-order chi connectivity index (χ0) is 14.4. The molecule has 0 unspecified atom stereocenters. The molecule has 0 saturated heterocycles. The van der Waals surface area contributed by atoms with Gasteiger partial charge in [0.2, 0.25) is 0 Å². The van der Waals surface area contributed by atoms with Crippen LogP contribution in [-0.2, 0) is 6.54 Å². The third-order valence-corrected chi connectivity index (χ3v) is 4.29. The van der Waals surface area contributed by atoms with Crippen molar-refractivity contribution >= 4 is 33.4 Å². The van der Waals surface area contributed by atoms with Gasteiger partial charge in [-0.1, -0.05) is 40.2 Å². The molecular weight excluding hydrogens is 337 g/mol. The molecule has 4 heteroatoms. The lowest BCUT2D eigenvalue weighted by Crippen LogP contribution is -2.02. The summed E-state index contributed by atoms with van der Waals surface area (Å²) in [5.74, 6) is 0.647. The molecule has 104 valence electrons. The average molecular weight is 352 g/mol. The van der Waals surface area contributed by atoms with Gasteiger partial charge < -0.3 is 5.32 Å². The van der Waals surface area contributed by atoms with Crippen LogP contribution < -0.4 is 5.32 Å². The molecule has 2 rings (SSSR count). The number of anilines is 1. The molecule has 0 spiro atoms. The van der Waals surface area contributed by atoms with Crippen molar-refractivity contribution in [1.82, 2.24) is 0 Å². The summed E-state index contributed by atoms with van der Waals surface area (Å²) < 4.78 is 14.5. The van der Waals surface area contributed by atoms with E-state index in [-0.39, 0.29) is 5.82 Å². The second-order valence-corrected chi connectivity index (χ2v) is 6.16. The van der Waals surface area contributed by atoms with Crippen LogP contribution >= 0.6 is 27.7 Å². The summed E-state index contributed by atoms with van der Waals surface area (Å²) in [6.45, 7) is 4.19. The smallest absolute Gasteiger partial charge is 0.129 e. The molecule has 0 fully saturated rings. The monoisotopic (exact) mass is 351 g/mol. The van der Waals surface area contributed by atoms with E-state index in [1.165, 1.54) is 6.07 Å². The van der Waals surface area contributed by atoms with Gasteiger partial charge in [0.25, 0.3) is 0 Å². The lowest BCUT2D eigenvalue weighted by atomic mass is 10.2. The summed E-state index contributed by atoms with van der Waals surface area (Å²) in [7, 11) is 0. The molecule has 0 aliphatic carbocycles. The first-order valence-corrected chi connectivity index (χ1v) is 7.99. The Hall–Kier alpha value is -1.26. The summed E-state index contributed by atoms with van der Waals surface area (Å²) in [4.78, 5) is 1.14. The number of thioether (sulfide) groups is 1. The van der Waals surface area contributed by atoms with E-state index < -0.39 is 0 Å². The van der Waals surface area contributed by atoms with Gasteiger partial charge in [0.05, 0.1) is 0 Å². The fourth-order valence-corrected chi connectivity index (χ4v) is 2.84. The van der Waals surface area contributed by atoms with Crippen molar-refractivity contribution in [2.75, 3.05) is 11.1 Å². The molecule has 2 aromatic carbocycles. The van der Waals surface area contributed by atoms with Crippen molar-refractivity contribution in [2.24, 2.45) is 0 Å². The molecule has 1 N–H and O–H groups in total. The molecule has 2 aromatic rings. The van der Waals surface area contributed by atoms with Crippen molar-refractivity contribution in [2.45, 2.75) is 11.4 Å². The minimum absolute atomic E-state index is 0.205. The average Bonchev–Trinajstić information content (AvgIpc) is 2.45. The highest BCUT2D eigenvalue weighted by Gasteiger charge is 2.05. The number of para-hydroxylation sites is 1. The van der Waals surface area contributed by atoms with E-state index in [9.17, 15) is 4.39 Å². The molecule has 0 saturated carbocycles. The molecular formula is C16H15BrFNS. The second kappa shape index (κ2) is 7.50. The fourth-order valence-electron chi connectivity index (χ4n) is 1.74. The van der Waals surface area contributed by atoms with Gasteiger partial charge in [0.15, 0.2) is 0 Å². The highest BCUT2D eigenvalue weighted by Crippen LogP contribution is 2.27. The summed E-state index contributed by atoms with van der Waals surface area (Å²) >= 11 is 4.97. The van der Waals surface area contributed by atoms with Crippen LogP contribution in [0.2, 0.25) is 0 Å². The molecule has 0 aliphatic heterocycles. The maximum atomic E-state index is 13.8. The Morgan fingerprint density at radius 3 is 2.80 bits per heavy atom. The topological polar surface area (TPSA) is 12.0 Å². The van der Waals surface area contributed by atoms with Gasteiger partial charge in [-0.15, -0.1) is 18.3 Å². The quantitative estimate of drug-likeness (QED) is 0.546. The zero-order valence-corrected chi connectivity index (χ0v) is 13.3. The second-order valence-electron chi connectivity index (χ2n) is 4.19. The van der Waals surface area contributed by atoms with Crippen LogP contribution in [0.25, 0.3) is 0 Å². The van der Waals surface area contributed by atoms with Gasteiger partial charge in [-0.25, -0.2) is 4.39 Å². The van der Waals surface area contributed by atoms with Crippen LogP contribution in [0.4, 0.5) is 10.1 Å². The number of hydrogen-bond acceptors (Lipinski definition) is 2. The Balaban J connectivity index is 2.08. The maximum absolute atomic E-state index is 13.8. The first-order chi connectivity index (χ1) is 9.70. The standard InChI is InChI=1S/C16H15BrFNS/c1-2-9-20-16-6-4-3-5-15(16)19-11-12-7-8-13(17)10-14(12)18/h2-8,10,19H,1,9,11H2. The molecule has 0 heterocycles. The Morgan fingerprint density at radius 2 is 2.05 bits per heavy atom. The summed E-state index contributed by atoms with van der Waals surface area (Å²) in [5, 5.41) is 3.29. The van der Waals surface area contributed by atoms with Gasteiger partial charge in [0, 0.05) is 32.9 Å².